The Kier molecular flexibility index (Phi) is 8.58. The van der Waals surface area contributed by atoms with E-state index in [4.69, 9.17) is 4.74 Å². The summed E-state index contributed by atoms with van der Waals surface area (Å²) in [6.07, 6.45) is -7.33. The minimum absolute atomic E-state index is 0.0688. The molecule has 2 aromatic carbocycles. The van der Waals surface area contributed by atoms with Crippen LogP contribution in [0.15, 0.2) is 30.3 Å². The zero-order chi connectivity index (χ0) is 29.2. The van der Waals surface area contributed by atoms with E-state index in [0.29, 0.717) is 36.1 Å². The zero-order valence-electron chi connectivity index (χ0n) is 21.7. The molecular weight excluding hydrogens is 528 g/mol. The van der Waals surface area contributed by atoms with Crippen molar-refractivity contribution < 1.29 is 45.4 Å². The average molecular weight is 556 g/mol. The van der Waals surface area contributed by atoms with Crippen LogP contribution in [0, 0.1) is 12.1 Å². The fourth-order valence-electron chi connectivity index (χ4n) is 4.20. The van der Waals surface area contributed by atoms with Gasteiger partial charge in [0.25, 0.3) is 0 Å². The third-order valence-electron chi connectivity index (χ3n) is 5.93. The maximum Gasteiger partial charge on any atom is 0.416 e. The fraction of sp³-hybridized carbons (Fsp3) is 0.429. The molecule has 1 aliphatic rings. The zero-order valence-corrected chi connectivity index (χ0v) is 21.7. The first-order chi connectivity index (χ1) is 18.0. The molecule has 3 rings (SSSR count). The first-order valence-corrected chi connectivity index (χ1v) is 12.0. The maximum atomic E-state index is 13.3. The first-order valence-electron chi connectivity index (χ1n) is 12.0. The van der Waals surface area contributed by atoms with E-state index >= 15 is 0 Å². The third kappa shape index (κ3) is 7.91. The number of carbonyl (C=O) groups excluding carboxylic acids is 2. The number of hydrogen-bond donors (Lipinski definition) is 0. The number of nitrogens with zero attached hydrogens (tertiary/aromatic N) is 1. The lowest BCUT2D eigenvalue weighted by molar-refractivity contribution is -0.143. The van der Waals surface area contributed by atoms with Crippen molar-refractivity contribution in [3.8, 4) is 0 Å². The number of ether oxygens (including phenoxy) is 2. The predicted octanol–water partition coefficient (Wildman–Crippen LogP) is 6.98. The minimum atomic E-state index is -4.98. The van der Waals surface area contributed by atoms with Crippen LogP contribution in [0.1, 0.15) is 66.6 Å². The summed E-state index contributed by atoms with van der Waals surface area (Å²) >= 11 is 0. The van der Waals surface area contributed by atoms with Crippen LogP contribution in [0.2, 0.25) is 0 Å². The van der Waals surface area contributed by atoms with E-state index in [0.717, 1.165) is 5.56 Å². The Labute approximate surface area is 222 Å². The van der Waals surface area contributed by atoms with Gasteiger partial charge in [-0.05, 0) is 81.5 Å². The molecule has 0 saturated carbocycles. The van der Waals surface area contributed by atoms with Gasteiger partial charge in [-0.15, -0.1) is 0 Å². The third-order valence-corrected chi connectivity index (χ3v) is 5.93. The number of hydrogen-bond acceptors (Lipinski definition) is 4. The van der Waals surface area contributed by atoms with Crippen LogP contribution >= 0.6 is 0 Å². The topological polar surface area (TPSA) is 55.8 Å². The van der Waals surface area contributed by atoms with E-state index in [9.17, 15) is 35.9 Å². The Hall–Kier alpha value is -3.68. The van der Waals surface area contributed by atoms with Gasteiger partial charge in [0.2, 0.25) is 0 Å². The predicted molar refractivity (Wildman–Crippen MR) is 129 cm³/mol. The SMILES string of the molecule is COC(=O)/C=C/c1c#cc2c(c1)CCC2N(CCc1cc(C(F)(F)F)cc(C(F)(F)F)c1)C(=O)OC(C)(C)C. The first kappa shape index (κ1) is 29.9. The number of alkyl halides is 6. The quantitative estimate of drug-likeness (QED) is 0.219. The molecule has 210 valence electrons. The smallest absolute Gasteiger partial charge is 0.416 e. The number of rotatable bonds is 6. The molecule has 0 saturated heterocycles. The highest BCUT2D eigenvalue weighted by Crippen LogP contribution is 2.38. The molecule has 5 nitrogen and oxygen atoms in total. The molecule has 0 N–H and O–H groups in total. The Bertz CT molecular complexity index is 1210. The number of methoxy groups -OCH3 is 1. The van der Waals surface area contributed by atoms with Crippen LogP contribution in [0.25, 0.3) is 6.08 Å². The Morgan fingerprint density at radius 2 is 1.62 bits per heavy atom. The monoisotopic (exact) mass is 555 g/mol. The van der Waals surface area contributed by atoms with Crippen molar-refractivity contribution in [3.05, 3.63) is 75.9 Å². The average Bonchev–Trinajstić information content (AvgIpc) is 3.23. The molecule has 1 unspecified atom stereocenters. The van der Waals surface area contributed by atoms with Crippen molar-refractivity contribution in [2.45, 2.75) is 64.0 Å². The van der Waals surface area contributed by atoms with Gasteiger partial charge in [-0.3, -0.25) is 0 Å². The molecule has 11 heteroatoms. The van der Waals surface area contributed by atoms with Crippen molar-refractivity contribution in [1.29, 1.82) is 0 Å². The largest absolute Gasteiger partial charge is 0.466 e. The summed E-state index contributed by atoms with van der Waals surface area (Å²) in [5.74, 6) is -0.554. The summed E-state index contributed by atoms with van der Waals surface area (Å²) in [5, 5.41) is 0. The summed E-state index contributed by atoms with van der Waals surface area (Å²) in [5.41, 5.74) is -1.98. The van der Waals surface area contributed by atoms with E-state index in [1.807, 2.05) is 0 Å². The van der Waals surface area contributed by atoms with Gasteiger partial charge in [0.15, 0.2) is 0 Å². The lowest BCUT2D eigenvalue weighted by Crippen LogP contribution is -2.40. The van der Waals surface area contributed by atoms with Crippen LogP contribution in [0.4, 0.5) is 31.1 Å². The molecule has 1 amide bonds. The highest BCUT2D eigenvalue weighted by atomic mass is 19.4. The van der Waals surface area contributed by atoms with Crippen molar-refractivity contribution in [2.24, 2.45) is 0 Å². The van der Waals surface area contributed by atoms with Gasteiger partial charge in [-0.2, -0.15) is 26.3 Å². The molecule has 0 aromatic heterocycles. The van der Waals surface area contributed by atoms with Gasteiger partial charge in [-0.25, -0.2) is 9.59 Å². The molecule has 0 heterocycles. The van der Waals surface area contributed by atoms with Crippen molar-refractivity contribution >= 4 is 18.1 Å². The van der Waals surface area contributed by atoms with Crippen LogP contribution in [0.3, 0.4) is 0 Å². The van der Waals surface area contributed by atoms with Gasteiger partial charge in [-0.1, -0.05) is 12.1 Å². The van der Waals surface area contributed by atoms with Crippen LogP contribution in [-0.4, -0.2) is 36.2 Å². The molecule has 0 radical (unpaired) electrons. The van der Waals surface area contributed by atoms with Crippen LogP contribution in [0.5, 0.6) is 0 Å². The Balaban J connectivity index is 1.93. The number of esters is 1. The number of amides is 1. The normalized spacial score (nSPS) is 15.6. The van der Waals surface area contributed by atoms with Crippen molar-refractivity contribution in [1.82, 2.24) is 4.90 Å². The summed E-state index contributed by atoms with van der Waals surface area (Å²) in [4.78, 5) is 25.8. The maximum absolute atomic E-state index is 13.3. The van der Waals surface area contributed by atoms with E-state index in [2.05, 4.69) is 16.9 Å². The number of carbonyl (C=O) groups is 2. The molecular formula is C28H27F6NO4. The van der Waals surface area contributed by atoms with Crippen molar-refractivity contribution in [3.63, 3.8) is 0 Å². The van der Waals surface area contributed by atoms with E-state index in [1.165, 1.54) is 24.2 Å². The molecule has 0 spiro atoms. The second-order valence-corrected chi connectivity index (χ2v) is 10.0. The Morgan fingerprint density at radius 3 is 2.15 bits per heavy atom. The van der Waals surface area contributed by atoms with Crippen molar-refractivity contribution in [2.75, 3.05) is 13.7 Å². The summed E-state index contributed by atoms with van der Waals surface area (Å²) in [7, 11) is 1.24. The lowest BCUT2D eigenvalue weighted by atomic mass is 10.0. The van der Waals surface area contributed by atoms with Gasteiger partial charge >= 0.3 is 24.4 Å². The number of fused-ring (bicyclic) bond motifs is 1. The number of halogens is 6. The second-order valence-electron chi connectivity index (χ2n) is 10.0. The summed E-state index contributed by atoms with van der Waals surface area (Å²) in [6.45, 7) is 4.74. The minimum Gasteiger partial charge on any atom is -0.466 e. The molecule has 1 atom stereocenters. The van der Waals surface area contributed by atoms with Gasteiger partial charge in [0.1, 0.15) is 5.60 Å². The fourth-order valence-corrected chi connectivity index (χ4v) is 4.20. The lowest BCUT2D eigenvalue weighted by Gasteiger charge is -2.32. The standard InChI is InChI=1S/C28H27F6NO4/c1-26(2,3)39-25(37)35(12-11-18-14-20(27(29,30)31)16-21(15-18)28(32,33)34)23-9-7-19-13-17(5-8-22(19)23)6-10-24(36)38-4/h6,10,13-16,23H,7,9,11-12H2,1-4H3/b10-6+. The second kappa shape index (κ2) is 11.2. The van der Waals surface area contributed by atoms with Crippen LogP contribution in [-0.2, 0) is 39.5 Å². The highest BCUT2D eigenvalue weighted by molar-refractivity contribution is 5.86. The molecule has 0 bridgehead atoms. The van der Waals surface area contributed by atoms with Gasteiger partial charge < -0.3 is 14.4 Å². The Morgan fingerprint density at radius 1 is 1.00 bits per heavy atom. The summed E-state index contributed by atoms with van der Waals surface area (Å²) < 4.78 is 90.0. The molecule has 2 aromatic rings. The summed E-state index contributed by atoms with van der Waals surface area (Å²) in [6, 6.07) is 8.45. The van der Waals surface area contributed by atoms with E-state index in [-0.39, 0.29) is 24.6 Å². The number of benzene rings is 1. The van der Waals surface area contributed by atoms with Crippen LogP contribution < -0.4 is 0 Å². The molecule has 1 aliphatic carbocycles. The number of aryl methyl sites for hydroxylation is 1. The molecule has 0 fully saturated rings. The van der Waals surface area contributed by atoms with E-state index < -0.39 is 47.2 Å². The molecule has 0 aliphatic heterocycles. The van der Waals surface area contributed by atoms with Gasteiger partial charge in [0, 0.05) is 23.7 Å². The van der Waals surface area contributed by atoms with E-state index in [1.54, 1.807) is 26.8 Å². The molecule has 39 heavy (non-hydrogen) atoms. The highest BCUT2D eigenvalue weighted by Gasteiger charge is 2.38. The van der Waals surface area contributed by atoms with Gasteiger partial charge in [0.05, 0.1) is 24.3 Å².